The molecule has 1 fully saturated rings. The van der Waals surface area contributed by atoms with Crippen molar-refractivity contribution in [2.75, 3.05) is 44.6 Å². The third-order valence-electron chi connectivity index (χ3n) is 3.84. The fraction of sp³-hybridized carbons (Fsp3) is 0.412. The van der Waals surface area contributed by atoms with E-state index in [2.05, 4.69) is 10.2 Å². The zero-order valence-corrected chi connectivity index (χ0v) is 13.5. The Bertz CT molecular complexity index is 594. The minimum atomic E-state index is -0.374. The molecule has 0 spiro atoms. The molecule has 1 aromatic carbocycles. The molecule has 122 valence electrons. The number of amides is 1. The van der Waals surface area contributed by atoms with E-state index in [9.17, 15) is 10.1 Å². The summed E-state index contributed by atoms with van der Waals surface area (Å²) in [6.07, 6.45) is 1.66. The minimum absolute atomic E-state index is 0.123. The van der Waals surface area contributed by atoms with E-state index < -0.39 is 0 Å². The van der Waals surface area contributed by atoms with E-state index in [1.165, 1.54) is 0 Å². The van der Waals surface area contributed by atoms with Crippen molar-refractivity contribution >= 4 is 11.6 Å². The molecule has 3 N–H and O–H groups in total. The molecule has 0 radical (unpaired) electrons. The van der Waals surface area contributed by atoms with Gasteiger partial charge in [-0.1, -0.05) is 17.7 Å². The lowest BCUT2D eigenvalue weighted by Crippen LogP contribution is -2.45. The van der Waals surface area contributed by atoms with Gasteiger partial charge in [-0.2, -0.15) is 5.26 Å². The van der Waals surface area contributed by atoms with E-state index in [-0.39, 0.29) is 11.5 Å². The van der Waals surface area contributed by atoms with Gasteiger partial charge in [0.05, 0.1) is 0 Å². The summed E-state index contributed by atoms with van der Waals surface area (Å²) in [5, 5.41) is 12.0. The number of aryl methyl sites for hydroxylation is 1. The van der Waals surface area contributed by atoms with Gasteiger partial charge in [0, 0.05) is 51.2 Å². The Kier molecular flexibility index (Phi) is 6.15. The van der Waals surface area contributed by atoms with E-state index in [0.717, 1.165) is 38.3 Å². The Labute approximate surface area is 137 Å². The number of nitrogens with two attached hydrogens (primary N) is 1. The Hall–Kier alpha value is -2.36. The average molecular weight is 313 g/mol. The number of nitrogens with one attached hydrogen (secondary N) is 1. The maximum absolute atomic E-state index is 12.2. The van der Waals surface area contributed by atoms with Crippen molar-refractivity contribution in [2.24, 2.45) is 5.73 Å². The Morgan fingerprint density at radius 2 is 1.96 bits per heavy atom. The monoisotopic (exact) mass is 313 g/mol. The number of carbonyl (C=O) groups excluding carboxylic acids is 1. The van der Waals surface area contributed by atoms with Gasteiger partial charge < -0.3 is 16.0 Å². The summed E-state index contributed by atoms with van der Waals surface area (Å²) in [7, 11) is 0. The second-order valence-corrected chi connectivity index (χ2v) is 5.64. The second kappa shape index (κ2) is 8.32. The standard InChI is InChI=1S/C17H23N5O/c1-14-2-4-16(5-3-14)20-17(23)15(12-19)13-22-10-8-21(7-6-18)9-11-22/h2-5,13H,6-11,18H2,1H3,(H,20,23)/b15-13-. The number of hydrogen-bond donors (Lipinski definition) is 2. The van der Waals surface area contributed by atoms with Gasteiger partial charge in [-0.3, -0.25) is 9.69 Å². The third kappa shape index (κ3) is 5.09. The summed E-state index contributed by atoms with van der Waals surface area (Å²) in [5.74, 6) is -0.374. The summed E-state index contributed by atoms with van der Waals surface area (Å²) >= 11 is 0. The van der Waals surface area contributed by atoms with Crippen LogP contribution in [-0.2, 0) is 4.79 Å². The molecular formula is C17H23N5O. The van der Waals surface area contributed by atoms with Crippen molar-refractivity contribution < 1.29 is 4.79 Å². The predicted octanol–water partition coefficient (Wildman–Crippen LogP) is 0.917. The number of nitrogens with zero attached hydrogens (tertiary/aromatic N) is 3. The molecule has 1 aliphatic heterocycles. The average Bonchev–Trinajstić information content (AvgIpc) is 2.56. The molecule has 0 aromatic heterocycles. The molecule has 0 aliphatic carbocycles. The van der Waals surface area contributed by atoms with Crippen LogP contribution in [0.5, 0.6) is 0 Å². The molecule has 6 heteroatoms. The molecule has 6 nitrogen and oxygen atoms in total. The molecule has 1 amide bonds. The van der Waals surface area contributed by atoms with Crippen LogP contribution in [0.15, 0.2) is 36.0 Å². The summed E-state index contributed by atoms with van der Waals surface area (Å²) in [6.45, 7) is 6.90. The lowest BCUT2D eigenvalue weighted by atomic mass is 10.2. The summed E-state index contributed by atoms with van der Waals surface area (Å²) < 4.78 is 0. The number of anilines is 1. The van der Waals surface area contributed by atoms with E-state index in [0.29, 0.717) is 12.2 Å². The first-order chi connectivity index (χ1) is 11.1. The highest BCUT2D eigenvalue weighted by Crippen LogP contribution is 2.11. The molecule has 0 atom stereocenters. The number of carbonyl (C=O) groups is 1. The zero-order chi connectivity index (χ0) is 16.7. The molecule has 1 aliphatic rings. The number of rotatable bonds is 5. The maximum Gasteiger partial charge on any atom is 0.267 e. The van der Waals surface area contributed by atoms with E-state index >= 15 is 0 Å². The highest BCUT2D eigenvalue weighted by Gasteiger charge is 2.16. The van der Waals surface area contributed by atoms with Crippen LogP contribution in [0.3, 0.4) is 0 Å². The number of benzene rings is 1. The highest BCUT2D eigenvalue weighted by molar-refractivity contribution is 6.06. The van der Waals surface area contributed by atoms with Crippen LogP contribution in [0.4, 0.5) is 5.69 Å². The fourth-order valence-electron chi connectivity index (χ4n) is 2.45. The minimum Gasteiger partial charge on any atom is -0.374 e. The first-order valence-electron chi connectivity index (χ1n) is 7.79. The van der Waals surface area contributed by atoms with Crippen molar-refractivity contribution in [2.45, 2.75) is 6.92 Å². The number of nitriles is 1. The zero-order valence-electron chi connectivity index (χ0n) is 13.5. The SMILES string of the molecule is Cc1ccc(NC(=O)/C(C#N)=C\N2CCN(CCN)CC2)cc1. The molecule has 2 rings (SSSR count). The Balaban J connectivity index is 1.95. The van der Waals surface area contributed by atoms with Crippen LogP contribution >= 0.6 is 0 Å². The molecule has 0 bridgehead atoms. The molecule has 0 unspecified atom stereocenters. The van der Waals surface area contributed by atoms with Gasteiger partial charge in [-0.25, -0.2) is 0 Å². The van der Waals surface area contributed by atoms with Crippen LogP contribution in [-0.4, -0.2) is 55.0 Å². The van der Waals surface area contributed by atoms with E-state index in [1.54, 1.807) is 6.20 Å². The predicted molar refractivity (Wildman–Crippen MR) is 90.6 cm³/mol. The van der Waals surface area contributed by atoms with Crippen molar-refractivity contribution in [1.82, 2.24) is 9.80 Å². The lowest BCUT2D eigenvalue weighted by Gasteiger charge is -2.33. The third-order valence-corrected chi connectivity index (χ3v) is 3.84. The molecule has 1 aromatic rings. The van der Waals surface area contributed by atoms with Gasteiger partial charge in [-0.15, -0.1) is 0 Å². The number of hydrogen-bond acceptors (Lipinski definition) is 5. The van der Waals surface area contributed by atoms with Gasteiger partial charge in [0.15, 0.2) is 0 Å². The topological polar surface area (TPSA) is 85.4 Å². The normalized spacial score (nSPS) is 16.0. The smallest absolute Gasteiger partial charge is 0.267 e. The molecule has 1 saturated heterocycles. The van der Waals surface area contributed by atoms with Crippen LogP contribution in [0, 0.1) is 18.3 Å². The first kappa shape index (κ1) is 17.0. The quantitative estimate of drug-likeness (QED) is 0.623. The van der Waals surface area contributed by atoms with E-state index in [4.69, 9.17) is 5.73 Å². The summed E-state index contributed by atoms with van der Waals surface area (Å²) in [4.78, 5) is 16.5. The molecule has 0 saturated carbocycles. The van der Waals surface area contributed by atoms with Crippen LogP contribution in [0.2, 0.25) is 0 Å². The number of piperazine rings is 1. The Morgan fingerprint density at radius 3 is 2.52 bits per heavy atom. The molecular weight excluding hydrogens is 290 g/mol. The van der Waals surface area contributed by atoms with Crippen molar-refractivity contribution in [3.63, 3.8) is 0 Å². The largest absolute Gasteiger partial charge is 0.374 e. The summed E-state index contributed by atoms with van der Waals surface area (Å²) in [5.41, 5.74) is 7.49. The van der Waals surface area contributed by atoms with Crippen molar-refractivity contribution in [3.05, 3.63) is 41.6 Å². The summed E-state index contributed by atoms with van der Waals surface area (Å²) in [6, 6.07) is 9.48. The van der Waals surface area contributed by atoms with Gasteiger partial charge >= 0.3 is 0 Å². The van der Waals surface area contributed by atoms with Gasteiger partial charge in [-0.05, 0) is 19.1 Å². The van der Waals surface area contributed by atoms with Crippen LogP contribution in [0.1, 0.15) is 5.56 Å². The van der Waals surface area contributed by atoms with E-state index in [1.807, 2.05) is 42.2 Å². The van der Waals surface area contributed by atoms with Gasteiger partial charge in [0.25, 0.3) is 5.91 Å². The Morgan fingerprint density at radius 1 is 1.30 bits per heavy atom. The maximum atomic E-state index is 12.2. The second-order valence-electron chi connectivity index (χ2n) is 5.64. The highest BCUT2D eigenvalue weighted by atomic mass is 16.1. The van der Waals surface area contributed by atoms with Gasteiger partial charge in [0.1, 0.15) is 11.6 Å². The first-order valence-corrected chi connectivity index (χ1v) is 7.79. The molecule has 23 heavy (non-hydrogen) atoms. The van der Waals surface area contributed by atoms with Crippen molar-refractivity contribution in [1.29, 1.82) is 5.26 Å². The van der Waals surface area contributed by atoms with Crippen LogP contribution in [0.25, 0.3) is 0 Å². The van der Waals surface area contributed by atoms with Crippen LogP contribution < -0.4 is 11.1 Å². The molecule has 1 heterocycles. The fourth-order valence-corrected chi connectivity index (χ4v) is 2.45. The van der Waals surface area contributed by atoms with Gasteiger partial charge in [0.2, 0.25) is 0 Å². The lowest BCUT2D eigenvalue weighted by molar-refractivity contribution is -0.112. The van der Waals surface area contributed by atoms with Crippen molar-refractivity contribution in [3.8, 4) is 6.07 Å².